The van der Waals surface area contributed by atoms with Crippen molar-refractivity contribution < 1.29 is 0 Å². The van der Waals surface area contributed by atoms with E-state index in [1.807, 2.05) is 0 Å². The second kappa shape index (κ2) is 5.89. The fraction of sp³-hybridized carbons (Fsp3) is 1.00. The molecule has 0 aromatic heterocycles. The van der Waals surface area contributed by atoms with E-state index < -0.39 is 0 Å². The highest BCUT2D eigenvalue weighted by atomic mass is 32.2. The van der Waals surface area contributed by atoms with Crippen molar-refractivity contribution in [3.05, 3.63) is 0 Å². The maximum atomic E-state index is 5.60. The fourth-order valence-electron chi connectivity index (χ4n) is 1.87. The average Bonchev–Trinajstić information content (AvgIpc) is 2.66. The van der Waals surface area contributed by atoms with Crippen molar-refractivity contribution in [3.8, 4) is 0 Å². The van der Waals surface area contributed by atoms with Crippen molar-refractivity contribution in [3.63, 3.8) is 0 Å². The van der Waals surface area contributed by atoms with E-state index in [1.165, 1.54) is 30.8 Å². The first kappa shape index (κ1) is 11.3. The molecule has 2 nitrogen and oxygen atoms in total. The summed E-state index contributed by atoms with van der Waals surface area (Å²) in [4.78, 5) is 0. The molecule has 1 saturated heterocycles. The molecule has 0 aromatic rings. The first-order valence-electron chi connectivity index (χ1n) is 5.31. The van der Waals surface area contributed by atoms with Crippen LogP contribution in [0.3, 0.4) is 0 Å². The second-order valence-corrected chi connectivity index (χ2v) is 5.30. The number of hydrogen-bond donors (Lipinski definition) is 2. The molecule has 0 saturated carbocycles. The van der Waals surface area contributed by atoms with E-state index in [0.29, 0.717) is 6.04 Å². The zero-order chi connectivity index (χ0) is 9.68. The first-order valence-corrected chi connectivity index (χ1v) is 6.47. The minimum Gasteiger partial charge on any atom is -0.271 e. The van der Waals surface area contributed by atoms with Gasteiger partial charge in [-0.15, -0.1) is 0 Å². The molecule has 0 spiro atoms. The smallest absolute Gasteiger partial charge is 0.0249 e. The largest absolute Gasteiger partial charge is 0.271 e. The van der Waals surface area contributed by atoms with Crippen LogP contribution in [0.5, 0.6) is 0 Å². The highest BCUT2D eigenvalue weighted by Gasteiger charge is 2.25. The summed E-state index contributed by atoms with van der Waals surface area (Å²) in [6.45, 7) is 4.56. The Bertz CT molecular complexity index is 135. The molecule has 3 heteroatoms. The van der Waals surface area contributed by atoms with E-state index in [0.717, 1.165) is 11.8 Å². The van der Waals surface area contributed by atoms with Crippen LogP contribution in [0.15, 0.2) is 0 Å². The molecule has 0 aromatic carbocycles. The Morgan fingerprint density at radius 3 is 2.85 bits per heavy atom. The van der Waals surface area contributed by atoms with E-state index in [1.54, 1.807) is 0 Å². The zero-order valence-corrected chi connectivity index (χ0v) is 9.57. The number of nitrogens with two attached hydrogens (primary N) is 1. The second-order valence-electron chi connectivity index (χ2n) is 4.15. The van der Waals surface area contributed by atoms with Crippen LogP contribution in [-0.4, -0.2) is 17.5 Å². The Hall–Kier alpha value is 0.270. The van der Waals surface area contributed by atoms with Crippen molar-refractivity contribution in [2.24, 2.45) is 17.7 Å². The Kier molecular flexibility index (Phi) is 5.14. The minimum atomic E-state index is 0.546. The van der Waals surface area contributed by atoms with Gasteiger partial charge < -0.3 is 0 Å². The Balaban J connectivity index is 2.32. The lowest BCUT2D eigenvalue weighted by atomic mass is 9.90. The fourth-order valence-corrected chi connectivity index (χ4v) is 3.20. The first-order chi connectivity index (χ1) is 6.27. The zero-order valence-electron chi connectivity index (χ0n) is 8.75. The molecule has 1 heterocycles. The summed E-state index contributed by atoms with van der Waals surface area (Å²) < 4.78 is 0. The molecule has 0 radical (unpaired) electrons. The number of hydrazine groups is 1. The Labute approximate surface area is 86.0 Å². The van der Waals surface area contributed by atoms with Gasteiger partial charge in [0, 0.05) is 6.04 Å². The summed E-state index contributed by atoms with van der Waals surface area (Å²) in [6, 6.07) is 0.546. The van der Waals surface area contributed by atoms with E-state index in [-0.39, 0.29) is 0 Å². The molecule has 0 aliphatic carbocycles. The monoisotopic (exact) mass is 202 g/mol. The molecule has 78 valence electrons. The van der Waals surface area contributed by atoms with Crippen LogP contribution in [0.4, 0.5) is 0 Å². The van der Waals surface area contributed by atoms with E-state index >= 15 is 0 Å². The van der Waals surface area contributed by atoms with Gasteiger partial charge in [-0.25, -0.2) is 0 Å². The molecule has 0 bridgehead atoms. The Morgan fingerprint density at radius 2 is 2.38 bits per heavy atom. The quantitative estimate of drug-likeness (QED) is 0.529. The molecule has 3 N–H and O–H groups in total. The van der Waals surface area contributed by atoms with Crippen LogP contribution in [-0.2, 0) is 0 Å². The summed E-state index contributed by atoms with van der Waals surface area (Å²) >= 11 is 2.07. The summed E-state index contributed by atoms with van der Waals surface area (Å²) in [5.41, 5.74) is 3.00. The third-order valence-electron chi connectivity index (χ3n) is 3.10. The van der Waals surface area contributed by atoms with Crippen molar-refractivity contribution in [1.82, 2.24) is 5.43 Å². The minimum absolute atomic E-state index is 0.546. The van der Waals surface area contributed by atoms with Crippen molar-refractivity contribution in [2.45, 2.75) is 39.2 Å². The predicted molar refractivity (Wildman–Crippen MR) is 60.6 cm³/mol. The number of hydrogen-bond acceptors (Lipinski definition) is 3. The van der Waals surface area contributed by atoms with Crippen LogP contribution in [0.2, 0.25) is 0 Å². The number of rotatable bonds is 5. The van der Waals surface area contributed by atoms with Gasteiger partial charge in [0.1, 0.15) is 0 Å². The predicted octanol–water partition coefficient (Wildman–Crippen LogP) is 2.01. The van der Waals surface area contributed by atoms with E-state index in [2.05, 4.69) is 31.0 Å². The van der Waals surface area contributed by atoms with Gasteiger partial charge in [0.05, 0.1) is 0 Å². The lowest BCUT2D eigenvalue weighted by molar-refractivity contribution is 0.317. The summed E-state index contributed by atoms with van der Waals surface area (Å²) in [7, 11) is 0. The van der Waals surface area contributed by atoms with Gasteiger partial charge in [-0.3, -0.25) is 11.3 Å². The molecular weight excluding hydrogens is 180 g/mol. The Morgan fingerprint density at radius 1 is 1.62 bits per heavy atom. The molecule has 1 rings (SSSR count). The molecule has 3 unspecified atom stereocenters. The standard InChI is InChI=1S/C10H22N2S/c1-3-8(2)6-10(12-11)9-4-5-13-7-9/h8-10,12H,3-7,11H2,1-2H3. The van der Waals surface area contributed by atoms with Gasteiger partial charge in [0.25, 0.3) is 0 Å². The molecule has 3 atom stereocenters. The van der Waals surface area contributed by atoms with Crippen LogP contribution < -0.4 is 11.3 Å². The molecule has 13 heavy (non-hydrogen) atoms. The third kappa shape index (κ3) is 3.49. The molecular formula is C10H22N2S. The van der Waals surface area contributed by atoms with Gasteiger partial charge in [-0.2, -0.15) is 11.8 Å². The highest BCUT2D eigenvalue weighted by molar-refractivity contribution is 7.99. The van der Waals surface area contributed by atoms with Gasteiger partial charge >= 0.3 is 0 Å². The SMILES string of the molecule is CCC(C)CC(NN)C1CCSC1. The van der Waals surface area contributed by atoms with Gasteiger partial charge in [-0.1, -0.05) is 20.3 Å². The van der Waals surface area contributed by atoms with E-state index in [4.69, 9.17) is 5.84 Å². The average molecular weight is 202 g/mol. The lowest BCUT2D eigenvalue weighted by Crippen LogP contribution is -2.42. The van der Waals surface area contributed by atoms with Crippen LogP contribution in [0.25, 0.3) is 0 Å². The molecule has 1 aliphatic rings. The van der Waals surface area contributed by atoms with Crippen LogP contribution in [0.1, 0.15) is 33.1 Å². The lowest BCUT2D eigenvalue weighted by Gasteiger charge is -2.24. The van der Waals surface area contributed by atoms with Gasteiger partial charge in [0.15, 0.2) is 0 Å². The topological polar surface area (TPSA) is 38.0 Å². The van der Waals surface area contributed by atoms with Crippen molar-refractivity contribution >= 4 is 11.8 Å². The highest BCUT2D eigenvalue weighted by Crippen LogP contribution is 2.28. The summed E-state index contributed by atoms with van der Waals surface area (Å²) in [5, 5.41) is 0. The van der Waals surface area contributed by atoms with Crippen LogP contribution in [0, 0.1) is 11.8 Å². The normalized spacial score (nSPS) is 27.5. The van der Waals surface area contributed by atoms with Crippen LogP contribution >= 0.6 is 11.8 Å². The number of thioether (sulfide) groups is 1. The molecule has 1 fully saturated rings. The summed E-state index contributed by atoms with van der Waals surface area (Å²) in [5.74, 6) is 9.82. The van der Waals surface area contributed by atoms with Crippen molar-refractivity contribution in [1.29, 1.82) is 0 Å². The molecule has 0 amide bonds. The van der Waals surface area contributed by atoms with Gasteiger partial charge in [0.2, 0.25) is 0 Å². The maximum Gasteiger partial charge on any atom is 0.0249 e. The van der Waals surface area contributed by atoms with E-state index in [9.17, 15) is 0 Å². The third-order valence-corrected chi connectivity index (χ3v) is 4.29. The number of nitrogens with one attached hydrogen (secondary N) is 1. The van der Waals surface area contributed by atoms with Crippen molar-refractivity contribution in [2.75, 3.05) is 11.5 Å². The molecule has 1 aliphatic heterocycles. The van der Waals surface area contributed by atoms with Gasteiger partial charge in [-0.05, 0) is 36.2 Å². The maximum absolute atomic E-state index is 5.60. The summed E-state index contributed by atoms with van der Waals surface area (Å²) in [6.07, 6.45) is 3.84.